The number of aryl methyl sites for hydroxylation is 1. The van der Waals surface area contributed by atoms with Crippen molar-refractivity contribution in [1.29, 1.82) is 0 Å². The van der Waals surface area contributed by atoms with Crippen molar-refractivity contribution in [3.05, 3.63) is 82.8 Å². The monoisotopic (exact) mass is 552 g/mol. The molecule has 0 spiro atoms. The minimum atomic E-state index is -4.61. The van der Waals surface area contributed by atoms with Gasteiger partial charge in [0.2, 0.25) is 0 Å². The van der Waals surface area contributed by atoms with Crippen LogP contribution in [0.2, 0.25) is 5.02 Å². The molecule has 194 valence electrons. The number of benzene rings is 2. The first-order chi connectivity index (χ1) is 17.4. The number of fused-ring (bicyclic) bond motifs is 1. The van der Waals surface area contributed by atoms with Crippen LogP contribution in [0.4, 0.5) is 18.0 Å². The number of rotatable bonds is 7. The fourth-order valence-electron chi connectivity index (χ4n) is 3.86. The summed E-state index contributed by atoms with van der Waals surface area (Å²) in [6.07, 6.45) is -4.46. The number of pyridine rings is 1. The second kappa shape index (κ2) is 10.0. The first-order valence-electron chi connectivity index (χ1n) is 11.0. The molecule has 0 aliphatic carbocycles. The first-order valence-corrected chi connectivity index (χ1v) is 12.8. The lowest BCUT2D eigenvalue weighted by Crippen LogP contribution is -2.37. The van der Waals surface area contributed by atoms with Crippen molar-refractivity contribution in [3.8, 4) is 5.69 Å². The molecule has 0 saturated heterocycles. The summed E-state index contributed by atoms with van der Waals surface area (Å²) in [4.78, 5) is 19.8. The largest absolute Gasteiger partial charge is 0.464 e. The fraction of sp³-hybridized carbons (Fsp3) is 0.208. The van der Waals surface area contributed by atoms with Gasteiger partial charge in [0.1, 0.15) is 5.82 Å². The van der Waals surface area contributed by atoms with Gasteiger partial charge in [-0.3, -0.25) is 4.57 Å². The van der Waals surface area contributed by atoms with Gasteiger partial charge < -0.3 is 5.11 Å². The van der Waals surface area contributed by atoms with Gasteiger partial charge >= 0.3 is 12.3 Å². The molecule has 2 aromatic heterocycles. The van der Waals surface area contributed by atoms with Crippen molar-refractivity contribution in [1.82, 2.24) is 18.8 Å². The Kier molecular flexibility index (Phi) is 7.16. The molecule has 0 atom stereocenters. The average Bonchev–Trinajstić information content (AvgIpc) is 3.21. The van der Waals surface area contributed by atoms with Gasteiger partial charge in [0.15, 0.2) is 5.03 Å². The molecule has 8 nitrogen and oxygen atoms in total. The Hall–Kier alpha value is -3.64. The normalized spacial score (nSPS) is 12.1. The molecule has 1 amide bonds. The number of halogens is 4. The third kappa shape index (κ3) is 5.25. The Labute approximate surface area is 215 Å². The number of imidazole rings is 1. The lowest BCUT2D eigenvalue weighted by molar-refractivity contribution is -0.137. The van der Waals surface area contributed by atoms with Crippen molar-refractivity contribution in [2.24, 2.45) is 0 Å². The molecule has 13 heteroatoms. The summed E-state index contributed by atoms with van der Waals surface area (Å²) in [6, 6.07) is 13.1. The van der Waals surface area contributed by atoms with E-state index in [-0.39, 0.29) is 23.5 Å². The third-order valence-electron chi connectivity index (χ3n) is 5.64. The smallest absolute Gasteiger partial charge is 0.421 e. The lowest BCUT2D eigenvalue weighted by Gasteiger charge is -2.18. The molecular formula is C24H20ClF3N4O4S. The van der Waals surface area contributed by atoms with E-state index in [2.05, 4.69) is 9.97 Å². The number of aromatic nitrogens is 3. The number of amides is 1. The highest BCUT2D eigenvalue weighted by molar-refractivity contribution is 7.89. The van der Waals surface area contributed by atoms with E-state index < -0.39 is 32.9 Å². The Morgan fingerprint density at radius 3 is 2.41 bits per heavy atom. The van der Waals surface area contributed by atoms with Crippen LogP contribution >= 0.6 is 11.6 Å². The van der Waals surface area contributed by atoms with E-state index in [9.17, 15) is 31.5 Å². The van der Waals surface area contributed by atoms with E-state index in [4.69, 9.17) is 11.6 Å². The van der Waals surface area contributed by atoms with Gasteiger partial charge in [-0.25, -0.2) is 14.8 Å². The molecule has 0 saturated carbocycles. The van der Waals surface area contributed by atoms with E-state index in [0.29, 0.717) is 33.3 Å². The van der Waals surface area contributed by atoms with Gasteiger partial charge in [0, 0.05) is 24.8 Å². The Balaban J connectivity index is 1.61. The summed E-state index contributed by atoms with van der Waals surface area (Å²) < 4.78 is 67.3. The SMILES string of the molecule is CCc1nc2cc(C(F)(F)F)c(Cl)cc2n1-c1ccc(CCN(C(=O)O)S(=O)(=O)c2ccccn2)cc1. The Bertz CT molecular complexity index is 1560. The van der Waals surface area contributed by atoms with Gasteiger partial charge in [-0.05, 0) is 48.4 Å². The second-order valence-electron chi connectivity index (χ2n) is 7.98. The molecule has 2 heterocycles. The van der Waals surface area contributed by atoms with Gasteiger partial charge in [-0.15, -0.1) is 0 Å². The van der Waals surface area contributed by atoms with E-state index in [1.807, 2.05) is 6.92 Å². The third-order valence-corrected chi connectivity index (χ3v) is 7.64. The maximum absolute atomic E-state index is 13.3. The number of carboxylic acid groups (broad SMARTS) is 1. The highest BCUT2D eigenvalue weighted by atomic mass is 35.5. The highest BCUT2D eigenvalue weighted by Crippen LogP contribution is 2.37. The van der Waals surface area contributed by atoms with E-state index in [0.717, 1.165) is 6.07 Å². The van der Waals surface area contributed by atoms with Gasteiger partial charge in [0.05, 0.1) is 21.6 Å². The van der Waals surface area contributed by atoms with Crippen LogP contribution in [0.3, 0.4) is 0 Å². The molecule has 4 aromatic rings. The van der Waals surface area contributed by atoms with Crippen LogP contribution < -0.4 is 0 Å². The van der Waals surface area contributed by atoms with E-state index >= 15 is 0 Å². The summed E-state index contributed by atoms with van der Waals surface area (Å²) in [7, 11) is -4.35. The number of hydrogen-bond donors (Lipinski definition) is 1. The number of nitrogens with zero attached hydrogens (tertiary/aromatic N) is 4. The number of hydrogen-bond acceptors (Lipinski definition) is 5. The zero-order valence-corrected chi connectivity index (χ0v) is 20.8. The van der Waals surface area contributed by atoms with E-state index in [1.165, 1.54) is 30.5 Å². The zero-order chi connectivity index (χ0) is 27.0. The predicted molar refractivity (Wildman–Crippen MR) is 130 cm³/mol. The predicted octanol–water partition coefficient (Wildman–Crippen LogP) is 5.57. The summed E-state index contributed by atoms with van der Waals surface area (Å²) in [5.74, 6) is 0.525. The minimum absolute atomic E-state index is 0.0880. The quantitative estimate of drug-likeness (QED) is 0.321. The van der Waals surface area contributed by atoms with Crippen molar-refractivity contribution in [3.63, 3.8) is 0 Å². The Morgan fingerprint density at radius 1 is 1.14 bits per heavy atom. The molecule has 4 rings (SSSR count). The number of sulfonamides is 1. The summed E-state index contributed by atoms with van der Waals surface area (Å²) in [5, 5.41) is 8.68. The van der Waals surface area contributed by atoms with Crippen molar-refractivity contribution in [2.45, 2.75) is 31.0 Å². The van der Waals surface area contributed by atoms with Crippen LogP contribution in [0, 0.1) is 0 Å². The minimum Gasteiger partial charge on any atom is -0.464 e. The van der Waals surface area contributed by atoms with Crippen LogP contribution in [-0.4, -0.2) is 45.0 Å². The second-order valence-corrected chi connectivity index (χ2v) is 10.2. The van der Waals surface area contributed by atoms with Crippen molar-refractivity contribution in [2.75, 3.05) is 6.54 Å². The lowest BCUT2D eigenvalue weighted by atomic mass is 10.1. The fourth-order valence-corrected chi connectivity index (χ4v) is 5.34. The van der Waals surface area contributed by atoms with Crippen LogP contribution in [0.15, 0.2) is 65.8 Å². The van der Waals surface area contributed by atoms with Crippen LogP contribution in [0.5, 0.6) is 0 Å². The molecular weight excluding hydrogens is 533 g/mol. The average molecular weight is 553 g/mol. The molecule has 2 aromatic carbocycles. The molecule has 1 N–H and O–H groups in total. The van der Waals surface area contributed by atoms with Gasteiger partial charge in [-0.1, -0.05) is 36.7 Å². The zero-order valence-electron chi connectivity index (χ0n) is 19.3. The molecule has 37 heavy (non-hydrogen) atoms. The van der Waals surface area contributed by atoms with Crippen molar-refractivity contribution < 1.29 is 31.5 Å². The van der Waals surface area contributed by atoms with E-state index in [1.54, 1.807) is 28.8 Å². The standard InChI is InChI=1S/C24H20ClF3N4O4S/c1-2-21-30-19-13-17(24(26,27)28)18(25)14-20(19)32(21)16-8-6-15(7-9-16)10-12-31(23(33)34)37(35,36)22-5-3-4-11-29-22/h3-9,11,13-14H,2,10,12H2,1H3,(H,33,34). The van der Waals surface area contributed by atoms with Crippen molar-refractivity contribution >= 4 is 38.8 Å². The van der Waals surface area contributed by atoms with Crippen LogP contribution in [-0.2, 0) is 29.0 Å². The maximum atomic E-state index is 13.3. The van der Waals surface area contributed by atoms with Crippen LogP contribution in [0.25, 0.3) is 16.7 Å². The molecule has 0 aliphatic rings. The molecule has 0 bridgehead atoms. The number of alkyl halides is 3. The van der Waals surface area contributed by atoms with Crippen LogP contribution in [0.1, 0.15) is 23.9 Å². The Morgan fingerprint density at radius 2 is 1.84 bits per heavy atom. The summed E-state index contributed by atoms with van der Waals surface area (Å²) in [6.45, 7) is 1.48. The van der Waals surface area contributed by atoms with Gasteiger partial charge in [0.25, 0.3) is 10.0 Å². The summed E-state index contributed by atoms with van der Waals surface area (Å²) >= 11 is 5.94. The highest BCUT2D eigenvalue weighted by Gasteiger charge is 2.34. The molecule has 0 unspecified atom stereocenters. The topological polar surface area (TPSA) is 105 Å². The summed E-state index contributed by atoms with van der Waals surface area (Å²) in [5.41, 5.74) is 0.838. The number of carbonyl (C=O) groups is 1. The maximum Gasteiger partial charge on any atom is 0.421 e. The molecule has 0 fully saturated rings. The molecule has 0 radical (unpaired) electrons. The first kappa shape index (κ1) is 26.4. The van der Waals surface area contributed by atoms with Gasteiger partial charge in [-0.2, -0.15) is 25.9 Å². The molecule has 0 aliphatic heterocycles.